The molecule has 1 aliphatic heterocycles. The largest absolute Gasteiger partial charge is 0.388 e. The number of carbonyl (C=O) groups is 1. The quantitative estimate of drug-likeness (QED) is 0.616. The predicted octanol–water partition coefficient (Wildman–Crippen LogP) is -0.421. The van der Waals surface area contributed by atoms with Crippen LogP contribution < -0.4 is 5.32 Å². The van der Waals surface area contributed by atoms with Gasteiger partial charge in [-0.2, -0.15) is 0 Å². The maximum atomic E-state index is 11.4. The number of likely N-dealkylation sites (N-methyl/N-ethyl adjacent to an activating group) is 1. The van der Waals surface area contributed by atoms with Crippen molar-refractivity contribution >= 4 is 5.91 Å². The minimum Gasteiger partial charge on any atom is -0.388 e. The molecule has 0 spiro atoms. The molecule has 1 saturated heterocycles. The zero-order valence-corrected chi connectivity index (χ0v) is 8.34. The second kappa shape index (κ2) is 4.07. The van der Waals surface area contributed by atoms with E-state index in [1.807, 2.05) is 0 Å². The van der Waals surface area contributed by atoms with Crippen LogP contribution in [0.15, 0.2) is 0 Å². The Kier molecular flexibility index (Phi) is 3.27. The van der Waals surface area contributed by atoms with Crippen LogP contribution in [-0.2, 0) is 4.79 Å². The molecule has 1 aliphatic rings. The van der Waals surface area contributed by atoms with Crippen molar-refractivity contribution in [1.29, 1.82) is 0 Å². The third kappa shape index (κ3) is 2.97. The third-order valence-electron chi connectivity index (χ3n) is 2.36. The van der Waals surface area contributed by atoms with Crippen molar-refractivity contribution in [3.63, 3.8) is 0 Å². The van der Waals surface area contributed by atoms with Crippen molar-refractivity contribution in [3.8, 4) is 0 Å². The molecule has 0 aliphatic carbocycles. The van der Waals surface area contributed by atoms with Crippen LogP contribution >= 0.6 is 0 Å². The zero-order chi connectivity index (χ0) is 9.90. The summed E-state index contributed by atoms with van der Waals surface area (Å²) in [5.74, 6) is 0.0717. The van der Waals surface area contributed by atoms with Gasteiger partial charge in [0.1, 0.15) is 0 Å². The molecule has 1 rings (SSSR count). The Morgan fingerprint density at radius 3 is 2.92 bits per heavy atom. The molecule has 1 amide bonds. The standard InChI is InChI=1S/C9H18N2O2/c1-9(13)4-3-5-11(7-9)8(12)6-10-2/h10,13H,3-7H2,1-2H3. The molecule has 0 aromatic rings. The number of nitrogens with one attached hydrogen (secondary N) is 1. The van der Waals surface area contributed by atoms with Crippen LogP contribution in [0.1, 0.15) is 19.8 Å². The Balaban J connectivity index is 2.47. The van der Waals surface area contributed by atoms with E-state index in [4.69, 9.17) is 0 Å². The number of carbonyl (C=O) groups excluding carboxylic acids is 1. The normalized spacial score (nSPS) is 29.0. The fourth-order valence-electron chi connectivity index (χ4n) is 1.70. The van der Waals surface area contributed by atoms with Gasteiger partial charge in [0.25, 0.3) is 0 Å². The minimum atomic E-state index is -0.693. The molecular formula is C9H18N2O2. The molecule has 4 heteroatoms. The summed E-state index contributed by atoms with van der Waals surface area (Å²) in [7, 11) is 1.75. The predicted molar refractivity (Wildman–Crippen MR) is 50.4 cm³/mol. The van der Waals surface area contributed by atoms with E-state index in [0.717, 1.165) is 19.4 Å². The summed E-state index contributed by atoms with van der Waals surface area (Å²) in [6.07, 6.45) is 1.68. The van der Waals surface area contributed by atoms with Gasteiger partial charge in [-0.1, -0.05) is 0 Å². The number of hydrogen-bond donors (Lipinski definition) is 2. The summed E-state index contributed by atoms with van der Waals surface area (Å²) in [5, 5.41) is 12.6. The first-order valence-electron chi connectivity index (χ1n) is 4.70. The van der Waals surface area contributed by atoms with Crippen molar-refractivity contribution in [2.24, 2.45) is 0 Å². The summed E-state index contributed by atoms with van der Waals surface area (Å²) in [6, 6.07) is 0. The van der Waals surface area contributed by atoms with E-state index in [-0.39, 0.29) is 5.91 Å². The smallest absolute Gasteiger partial charge is 0.236 e. The highest BCUT2D eigenvalue weighted by Gasteiger charge is 2.30. The topological polar surface area (TPSA) is 52.6 Å². The molecule has 4 nitrogen and oxygen atoms in total. The molecule has 13 heavy (non-hydrogen) atoms. The fraction of sp³-hybridized carbons (Fsp3) is 0.889. The number of nitrogens with zero attached hydrogens (tertiary/aromatic N) is 1. The average molecular weight is 186 g/mol. The van der Waals surface area contributed by atoms with Gasteiger partial charge in [0.15, 0.2) is 0 Å². The highest BCUT2D eigenvalue weighted by atomic mass is 16.3. The van der Waals surface area contributed by atoms with E-state index in [0.29, 0.717) is 13.1 Å². The van der Waals surface area contributed by atoms with Gasteiger partial charge in [0.05, 0.1) is 12.1 Å². The molecule has 0 bridgehead atoms. The molecule has 2 N–H and O–H groups in total. The van der Waals surface area contributed by atoms with E-state index in [9.17, 15) is 9.90 Å². The first-order valence-corrected chi connectivity index (χ1v) is 4.70. The fourth-order valence-corrected chi connectivity index (χ4v) is 1.70. The summed E-state index contributed by atoms with van der Waals surface area (Å²) in [6.45, 7) is 3.38. The van der Waals surface area contributed by atoms with Gasteiger partial charge in [-0.05, 0) is 26.8 Å². The van der Waals surface area contributed by atoms with Crippen molar-refractivity contribution < 1.29 is 9.90 Å². The molecule has 0 saturated carbocycles. The highest BCUT2D eigenvalue weighted by Crippen LogP contribution is 2.19. The number of piperidine rings is 1. The van der Waals surface area contributed by atoms with E-state index in [1.54, 1.807) is 18.9 Å². The lowest BCUT2D eigenvalue weighted by Crippen LogP contribution is -2.50. The SMILES string of the molecule is CNCC(=O)N1CCCC(C)(O)C1. The Morgan fingerprint density at radius 1 is 1.69 bits per heavy atom. The van der Waals surface area contributed by atoms with E-state index < -0.39 is 5.60 Å². The maximum absolute atomic E-state index is 11.4. The van der Waals surface area contributed by atoms with Gasteiger partial charge >= 0.3 is 0 Å². The number of rotatable bonds is 2. The van der Waals surface area contributed by atoms with Gasteiger partial charge in [0.2, 0.25) is 5.91 Å². The number of likely N-dealkylation sites (tertiary alicyclic amines) is 1. The van der Waals surface area contributed by atoms with Crippen LogP contribution in [0.4, 0.5) is 0 Å². The van der Waals surface area contributed by atoms with Gasteiger partial charge < -0.3 is 15.3 Å². The lowest BCUT2D eigenvalue weighted by Gasteiger charge is -2.36. The first-order chi connectivity index (χ1) is 6.05. The van der Waals surface area contributed by atoms with E-state index in [2.05, 4.69) is 5.32 Å². The second-order valence-electron chi connectivity index (χ2n) is 3.95. The Morgan fingerprint density at radius 2 is 2.38 bits per heavy atom. The van der Waals surface area contributed by atoms with E-state index in [1.165, 1.54) is 0 Å². The monoisotopic (exact) mass is 186 g/mol. The van der Waals surface area contributed by atoms with Crippen molar-refractivity contribution in [3.05, 3.63) is 0 Å². The molecule has 0 radical (unpaired) electrons. The summed E-state index contributed by atoms with van der Waals surface area (Å²) >= 11 is 0. The van der Waals surface area contributed by atoms with Crippen LogP contribution in [0.25, 0.3) is 0 Å². The summed E-state index contributed by atoms with van der Waals surface area (Å²) < 4.78 is 0. The van der Waals surface area contributed by atoms with Crippen LogP contribution in [0, 0.1) is 0 Å². The Labute approximate surface area is 78.9 Å². The van der Waals surface area contributed by atoms with Gasteiger partial charge in [0, 0.05) is 13.1 Å². The lowest BCUT2D eigenvalue weighted by molar-refractivity contribution is -0.136. The zero-order valence-electron chi connectivity index (χ0n) is 8.34. The summed E-state index contributed by atoms with van der Waals surface area (Å²) in [5.41, 5.74) is -0.693. The summed E-state index contributed by atoms with van der Waals surface area (Å²) in [4.78, 5) is 13.2. The number of aliphatic hydroxyl groups is 1. The van der Waals surface area contributed by atoms with Crippen molar-refractivity contribution in [2.45, 2.75) is 25.4 Å². The minimum absolute atomic E-state index is 0.0717. The van der Waals surface area contributed by atoms with Crippen LogP contribution in [-0.4, -0.2) is 48.2 Å². The number of β-amino-alcohol motifs (C(OH)–C–C–N with tert-alkyl or cyclic N) is 1. The second-order valence-corrected chi connectivity index (χ2v) is 3.95. The van der Waals surface area contributed by atoms with Gasteiger partial charge in [-0.25, -0.2) is 0 Å². The third-order valence-corrected chi connectivity index (χ3v) is 2.36. The molecule has 0 aromatic heterocycles. The van der Waals surface area contributed by atoms with Crippen LogP contribution in [0.5, 0.6) is 0 Å². The van der Waals surface area contributed by atoms with E-state index >= 15 is 0 Å². The molecule has 1 fully saturated rings. The number of amides is 1. The Bertz CT molecular complexity index is 192. The molecule has 1 heterocycles. The first kappa shape index (κ1) is 10.5. The molecule has 0 aromatic carbocycles. The maximum Gasteiger partial charge on any atom is 0.236 e. The molecule has 1 atom stereocenters. The van der Waals surface area contributed by atoms with Gasteiger partial charge in [-0.3, -0.25) is 4.79 Å². The van der Waals surface area contributed by atoms with Crippen LogP contribution in [0.2, 0.25) is 0 Å². The van der Waals surface area contributed by atoms with Crippen molar-refractivity contribution in [1.82, 2.24) is 10.2 Å². The average Bonchev–Trinajstić information content (AvgIpc) is 2.03. The highest BCUT2D eigenvalue weighted by molar-refractivity contribution is 5.78. The molecule has 76 valence electrons. The number of hydrogen-bond acceptors (Lipinski definition) is 3. The molecular weight excluding hydrogens is 168 g/mol. The lowest BCUT2D eigenvalue weighted by atomic mass is 9.95. The van der Waals surface area contributed by atoms with Gasteiger partial charge in [-0.15, -0.1) is 0 Å². The Hall–Kier alpha value is -0.610. The molecule has 1 unspecified atom stereocenters. The van der Waals surface area contributed by atoms with Crippen molar-refractivity contribution in [2.75, 3.05) is 26.7 Å². The van der Waals surface area contributed by atoms with Crippen LogP contribution in [0.3, 0.4) is 0 Å².